The summed E-state index contributed by atoms with van der Waals surface area (Å²) in [6.45, 7) is 2.13. The smallest absolute Gasteiger partial charge is 0.211 e. The summed E-state index contributed by atoms with van der Waals surface area (Å²) >= 11 is 0. The highest BCUT2D eigenvalue weighted by Gasteiger charge is 2.28. The molecule has 2 rings (SSSR count). The number of sulfonamides is 1. The lowest BCUT2D eigenvalue weighted by atomic mass is 10.0. The van der Waals surface area contributed by atoms with Crippen molar-refractivity contribution < 1.29 is 8.42 Å². The zero-order chi connectivity index (χ0) is 13.9. The molecule has 0 bridgehead atoms. The van der Waals surface area contributed by atoms with Gasteiger partial charge in [-0.3, -0.25) is 0 Å². The Balaban J connectivity index is 2.32. The third-order valence-corrected chi connectivity index (χ3v) is 4.72. The molecule has 1 aromatic carbocycles. The minimum atomic E-state index is -3.21. The van der Waals surface area contributed by atoms with E-state index in [1.165, 1.54) is 6.26 Å². The van der Waals surface area contributed by atoms with Gasteiger partial charge in [0.1, 0.15) is 0 Å². The van der Waals surface area contributed by atoms with Gasteiger partial charge in [0.15, 0.2) is 0 Å². The summed E-state index contributed by atoms with van der Waals surface area (Å²) in [5.41, 5.74) is 7.40. The van der Waals surface area contributed by atoms with Gasteiger partial charge in [0.25, 0.3) is 0 Å². The highest BCUT2D eigenvalue weighted by atomic mass is 32.2. The molecule has 6 heteroatoms. The molecule has 3 N–H and O–H groups in total. The van der Waals surface area contributed by atoms with E-state index in [0.717, 1.165) is 24.9 Å². The second kappa shape index (κ2) is 5.90. The van der Waals surface area contributed by atoms with Crippen LogP contribution in [0.4, 0.5) is 5.69 Å². The van der Waals surface area contributed by atoms with Gasteiger partial charge in [0, 0.05) is 24.8 Å². The minimum absolute atomic E-state index is 0.0855. The predicted molar refractivity (Wildman–Crippen MR) is 77.2 cm³/mol. The van der Waals surface area contributed by atoms with Gasteiger partial charge < -0.3 is 11.1 Å². The maximum Gasteiger partial charge on any atom is 0.211 e. The first-order chi connectivity index (χ1) is 8.98. The molecule has 0 spiro atoms. The van der Waals surface area contributed by atoms with Crippen molar-refractivity contribution in [2.24, 2.45) is 0 Å². The van der Waals surface area contributed by atoms with Crippen LogP contribution in [0.5, 0.6) is 0 Å². The van der Waals surface area contributed by atoms with Crippen LogP contribution < -0.4 is 11.1 Å². The number of nitrogen functional groups attached to an aromatic ring is 1. The molecular formula is C13H21N3O2S. The third kappa shape index (κ3) is 3.68. The molecule has 1 atom stereocenters. The first kappa shape index (κ1) is 14.3. The molecule has 1 heterocycles. The Labute approximate surface area is 114 Å². The number of nitrogens with zero attached hydrogens (tertiary/aromatic N) is 1. The molecule has 1 aromatic rings. The Morgan fingerprint density at radius 2 is 1.95 bits per heavy atom. The summed E-state index contributed by atoms with van der Waals surface area (Å²) in [5.74, 6) is 0. The Morgan fingerprint density at radius 1 is 1.26 bits per heavy atom. The zero-order valence-corrected chi connectivity index (χ0v) is 12.0. The van der Waals surface area contributed by atoms with Gasteiger partial charge in [0.2, 0.25) is 10.0 Å². The van der Waals surface area contributed by atoms with Gasteiger partial charge in [-0.2, -0.15) is 4.31 Å². The van der Waals surface area contributed by atoms with Gasteiger partial charge in [0.05, 0.1) is 6.26 Å². The van der Waals surface area contributed by atoms with Crippen LogP contribution in [0.15, 0.2) is 24.3 Å². The summed E-state index contributed by atoms with van der Waals surface area (Å²) in [4.78, 5) is 0. The molecule has 0 aliphatic carbocycles. The summed E-state index contributed by atoms with van der Waals surface area (Å²) < 4.78 is 25.5. The zero-order valence-electron chi connectivity index (χ0n) is 11.2. The van der Waals surface area contributed by atoms with Crippen LogP contribution in [0.25, 0.3) is 0 Å². The normalized spacial score (nSPS) is 22.7. The van der Waals surface area contributed by atoms with E-state index in [4.69, 9.17) is 5.73 Å². The van der Waals surface area contributed by atoms with Gasteiger partial charge in [-0.15, -0.1) is 0 Å². The van der Waals surface area contributed by atoms with Crippen LogP contribution in [0.3, 0.4) is 0 Å². The van der Waals surface area contributed by atoms with Crippen LogP contribution in [0.1, 0.15) is 24.4 Å². The van der Waals surface area contributed by atoms with E-state index in [0.29, 0.717) is 18.8 Å². The Morgan fingerprint density at radius 3 is 2.58 bits per heavy atom. The topological polar surface area (TPSA) is 75.4 Å². The molecule has 1 fully saturated rings. The summed E-state index contributed by atoms with van der Waals surface area (Å²) in [6, 6.07) is 7.41. The van der Waals surface area contributed by atoms with Crippen LogP contribution in [0.2, 0.25) is 0 Å². The number of rotatable bonds is 2. The van der Waals surface area contributed by atoms with E-state index < -0.39 is 10.0 Å². The molecule has 1 saturated heterocycles. The van der Waals surface area contributed by atoms with Crippen molar-refractivity contribution in [1.29, 1.82) is 0 Å². The van der Waals surface area contributed by atoms with Crippen molar-refractivity contribution in [1.82, 2.24) is 9.62 Å². The third-order valence-electron chi connectivity index (χ3n) is 3.43. The van der Waals surface area contributed by atoms with Crippen molar-refractivity contribution in [3.05, 3.63) is 29.8 Å². The average molecular weight is 283 g/mol. The van der Waals surface area contributed by atoms with Crippen LogP contribution in [-0.4, -0.2) is 38.6 Å². The second-order valence-corrected chi connectivity index (χ2v) is 6.88. The van der Waals surface area contributed by atoms with E-state index in [1.807, 2.05) is 24.3 Å². The maximum atomic E-state index is 12.0. The molecule has 0 aromatic heterocycles. The number of hydrogen-bond donors (Lipinski definition) is 2. The van der Waals surface area contributed by atoms with Crippen molar-refractivity contribution >= 4 is 15.7 Å². The van der Waals surface area contributed by atoms with Gasteiger partial charge in [-0.1, -0.05) is 12.1 Å². The number of anilines is 1. The molecule has 0 unspecified atom stereocenters. The summed E-state index contributed by atoms with van der Waals surface area (Å²) in [5, 5.41) is 3.24. The van der Waals surface area contributed by atoms with Gasteiger partial charge in [-0.05, 0) is 37.1 Å². The van der Waals surface area contributed by atoms with Crippen molar-refractivity contribution in [2.75, 3.05) is 31.6 Å². The van der Waals surface area contributed by atoms with Gasteiger partial charge in [-0.25, -0.2) is 8.42 Å². The molecular weight excluding hydrogens is 262 g/mol. The predicted octanol–water partition coefficient (Wildman–Crippen LogP) is 0.955. The first-order valence-electron chi connectivity index (χ1n) is 6.51. The van der Waals surface area contributed by atoms with E-state index >= 15 is 0 Å². The number of nitrogens with one attached hydrogen (secondary N) is 1. The lowest BCUT2D eigenvalue weighted by Crippen LogP contribution is -2.41. The molecule has 1 aliphatic rings. The fraction of sp³-hybridized carbons (Fsp3) is 0.538. The van der Waals surface area contributed by atoms with E-state index in [-0.39, 0.29) is 6.04 Å². The summed E-state index contributed by atoms with van der Waals surface area (Å²) in [7, 11) is -3.21. The highest BCUT2D eigenvalue weighted by Crippen LogP contribution is 2.28. The van der Waals surface area contributed by atoms with E-state index in [2.05, 4.69) is 5.32 Å². The lowest BCUT2D eigenvalue weighted by Gasteiger charge is -2.32. The van der Waals surface area contributed by atoms with Crippen molar-refractivity contribution in [2.45, 2.75) is 18.9 Å². The second-order valence-electron chi connectivity index (χ2n) is 4.95. The van der Waals surface area contributed by atoms with Crippen molar-refractivity contribution in [3.63, 3.8) is 0 Å². The monoisotopic (exact) mass is 283 g/mol. The van der Waals surface area contributed by atoms with Crippen LogP contribution >= 0.6 is 0 Å². The average Bonchev–Trinajstić information content (AvgIpc) is 2.28. The standard InChI is InChI=1S/C13H21N3O2S/c1-19(17,18)16-10-9-15-8-2-3-13(16)11-4-6-12(14)7-5-11/h4-7,13,15H,2-3,8-10,14H2,1H3/t13-/m0/s1. The maximum absolute atomic E-state index is 12.0. The fourth-order valence-corrected chi connectivity index (χ4v) is 3.59. The highest BCUT2D eigenvalue weighted by molar-refractivity contribution is 7.88. The number of nitrogens with two attached hydrogens (primary N) is 1. The number of hydrogen-bond acceptors (Lipinski definition) is 4. The fourth-order valence-electron chi connectivity index (χ4n) is 2.48. The Hall–Kier alpha value is -1.11. The SMILES string of the molecule is CS(=O)(=O)N1CCNCCC[C@H]1c1ccc(N)cc1. The largest absolute Gasteiger partial charge is 0.399 e. The molecule has 0 amide bonds. The van der Waals surface area contributed by atoms with E-state index in [1.54, 1.807) is 4.31 Å². The molecule has 0 saturated carbocycles. The molecule has 5 nitrogen and oxygen atoms in total. The minimum Gasteiger partial charge on any atom is -0.399 e. The molecule has 1 aliphatic heterocycles. The first-order valence-corrected chi connectivity index (χ1v) is 8.36. The Kier molecular flexibility index (Phi) is 4.44. The Bertz CT molecular complexity index is 513. The molecule has 0 radical (unpaired) electrons. The van der Waals surface area contributed by atoms with Crippen LogP contribution in [-0.2, 0) is 10.0 Å². The summed E-state index contributed by atoms with van der Waals surface area (Å²) in [6.07, 6.45) is 3.06. The molecule has 106 valence electrons. The number of benzene rings is 1. The molecule has 19 heavy (non-hydrogen) atoms. The van der Waals surface area contributed by atoms with Gasteiger partial charge >= 0.3 is 0 Å². The van der Waals surface area contributed by atoms with E-state index in [9.17, 15) is 8.42 Å². The van der Waals surface area contributed by atoms with Crippen LogP contribution in [0, 0.1) is 0 Å². The quantitative estimate of drug-likeness (QED) is 0.793. The lowest BCUT2D eigenvalue weighted by molar-refractivity contribution is 0.287. The van der Waals surface area contributed by atoms with Crippen molar-refractivity contribution in [3.8, 4) is 0 Å².